The van der Waals surface area contributed by atoms with Crippen LogP contribution in [0.25, 0.3) is 0 Å². The number of carbonyl (C=O) groups excluding carboxylic acids is 1. The molecule has 1 aromatic carbocycles. The minimum absolute atomic E-state index is 0.0374. The first-order valence-electron chi connectivity index (χ1n) is 9.19. The molecule has 0 aliphatic carbocycles. The molecule has 0 bridgehead atoms. The van der Waals surface area contributed by atoms with Crippen molar-refractivity contribution in [2.24, 2.45) is 0 Å². The number of hydrogen-bond donors (Lipinski definition) is 2. The Morgan fingerprint density at radius 1 is 1.33 bits per heavy atom. The van der Waals surface area contributed by atoms with Crippen LogP contribution in [0.4, 0.5) is 4.79 Å². The maximum atomic E-state index is 12.3. The third kappa shape index (κ3) is 4.08. The van der Waals surface area contributed by atoms with Gasteiger partial charge in [0.25, 0.3) is 0 Å². The average Bonchev–Trinajstić information content (AvgIpc) is 2.62. The van der Waals surface area contributed by atoms with Gasteiger partial charge < -0.3 is 15.3 Å². The normalized spacial score (nSPS) is 22.8. The van der Waals surface area contributed by atoms with Crippen molar-refractivity contribution >= 4 is 6.03 Å². The van der Waals surface area contributed by atoms with E-state index in [1.165, 1.54) is 11.1 Å². The minimum atomic E-state index is -0.370. The number of nitrogens with zero attached hydrogens (tertiary/aromatic N) is 2. The van der Waals surface area contributed by atoms with Crippen molar-refractivity contribution in [1.82, 2.24) is 15.1 Å². The van der Waals surface area contributed by atoms with Gasteiger partial charge in [-0.25, -0.2) is 4.79 Å². The van der Waals surface area contributed by atoms with Gasteiger partial charge in [0.05, 0.1) is 6.10 Å². The summed E-state index contributed by atoms with van der Waals surface area (Å²) in [4.78, 5) is 16.6. The van der Waals surface area contributed by atoms with Crippen LogP contribution in [0.5, 0.6) is 0 Å². The molecule has 132 valence electrons. The molecule has 5 heteroatoms. The third-order valence-corrected chi connectivity index (χ3v) is 5.32. The van der Waals surface area contributed by atoms with E-state index in [1.54, 1.807) is 4.90 Å². The van der Waals surface area contributed by atoms with Gasteiger partial charge in [-0.1, -0.05) is 31.2 Å². The number of aliphatic hydroxyl groups excluding tert-OH is 1. The smallest absolute Gasteiger partial charge is 0.317 e. The Morgan fingerprint density at radius 2 is 2.12 bits per heavy atom. The van der Waals surface area contributed by atoms with Crippen molar-refractivity contribution in [2.45, 2.75) is 51.3 Å². The second-order valence-corrected chi connectivity index (χ2v) is 6.98. The number of nitrogens with one attached hydrogen (secondary N) is 1. The zero-order chi connectivity index (χ0) is 16.9. The highest BCUT2D eigenvalue weighted by atomic mass is 16.3. The number of aliphatic hydroxyl groups is 1. The summed E-state index contributed by atoms with van der Waals surface area (Å²) in [6.07, 6.45) is 3.41. The lowest BCUT2D eigenvalue weighted by molar-refractivity contribution is 0.0828. The largest absolute Gasteiger partial charge is 0.391 e. The first kappa shape index (κ1) is 17.2. The molecule has 2 atom stereocenters. The summed E-state index contributed by atoms with van der Waals surface area (Å²) in [5.74, 6) is 0. The van der Waals surface area contributed by atoms with Gasteiger partial charge in [0.1, 0.15) is 0 Å². The number of carbonyl (C=O) groups is 1. The van der Waals surface area contributed by atoms with E-state index < -0.39 is 0 Å². The molecule has 2 aliphatic rings. The van der Waals surface area contributed by atoms with Crippen LogP contribution in [0.1, 0.15) is 37.3 Å². The van der Waals surface area contributed by atoms with Gasteiger partial charge >= 0.3 is 6.03 Å². The summed E-state index contributed by atoms with van der Waals surface area (Å²) in [6, 6.07) is 8.96. The fourth-order valence-electron chi connectivity index (χ4n) is 3.82. The van der Waals surface area contributed by atoms with Crippen LogP contribution in [0.3, 0.4) is 0 Å². The van der Waals surface area contributed by atoms with E-state index in [-0.39, 0.29) is 12.1 Å². The van der Waals surface area contributed by atoms with Gasteiger partial charge in [-0.05, 0) is 36.8 Å². The van der Waals surface area contributed by atoms with Crippen LogP contribution in [-0.4, -0.2) is 59.3 Å². The van der Waals surface area contributed by atoms with Crippen molar-refractivity contribution in [2.75, 3.05) is 26.2 Å². The van der Waals surface area contributed by atoms with Gasteiger partial charge in [0.15, 0.2) is 0 Å². The lowest BCUT2D eigenvalue weighted by Gasteiger charge is -2.36. The molecular weight excluding hydrogens is 302 g/mol. The Balaban J connectivity index is 1.53. The fourth-order valence-corrected chi connectivity index (χ4v) is 3.82. The molecule has 2 heterocycles. The highest BCUT2D eigenvalue weighted by Gasteiger charge is 2.25. The molecule has 2 N–H and O–H groups in total. The number of urea groups is 1. The molecule has 0 aromatic heterocycles. The highest BCUT2D eigenvalue weighted by Crippen LogP contribution is 2.21. The van der Waals surface area contributed by atoms with Crippen molar-refractivity contribution < 1.29 is 9.90 Å². The van der Waals surface area contributed by atoms with E-state index in [4.69, 9.17) is 0 Å². The van der Waals surface area contributed by atoms with Gasteiger partial charge in [0.2, 0.25) is 0 Å². The van der Waals surface area contributed by atoms with Gasteiger partial charge in [-0.2, -0.15) is 0 Å². The zero-order valence-corrected chi connectivity index (χ0v) is 14.6. The summed E-state index contributed by atoms with van der Waals surface area (Å²) in [5, 5.41) is 12.8. The Labute approximate surface area is 144 Å². The zero-order valence-electron chi connectivity index (χ0n) is 14.6. The van der Waals surface area contributed by atoms with E-state index in [0.29, 0.717) is 19.1 Å². The lowest BCUT2D eigenvalue weighted by Crippen LogP contribution is -2.51. The Bertz CT molecular complexity index is 563. The van der Waals surface area contributed by atoms with Crippen LogP contribution < -0.4 is 5.32 Å². The topological polar surface area (TPSA) is 55.8 Å². The van der Waals surface area contributed by atoms with Crippen molar-refractivity contribution in [3.8, 4) is 0 Å². The van der Waals surface area contributed by atoms with E-state index in [9.17, 15) is 9.90 Å². The number of rotatable bonds is 4. The monoisotopic (exact) mass is 331 g/mol. The molecule has 24 heavy (non-hydrogen) atoms. The van der Waals surface area contributed by atoms with Crippen molar-refractivity contribution in [1.29, 1.82) is 0 Å². The molecule has 2 unspecified atom stereocenters. The van der Waals surface area contributed by atoms with Crippen LogP contribution in [0.15, 0.2) is 24.3 Å². The summed E-state index contributed by atoms with van der Waals surface area (Å²) in [6.45, 7) is 6.07. The average molecular weight is 331 g/mol. The van der Waals surface area contributed by atoms with Gasteiger partial charge in [-0.3, -0.25) is 4.90 Å². The first-order chi connectivity index (χ1) is 11.7. The highest BCUT2D eigenvalue weighted by molar-refractivity contribution is 5.74. The number of amides is 2. The summed E-state index contributed by atoms with van der Waals surface area (Å²) < 4.78 is 0. The number of hydrogen-bond acceptors (Lipinski definition) is 3. The third-order valence-electron chi connectivity index (χ3n) is 5.32. The van der Waals surface area contributed by atoms with Crippen molar-refractivity contribution in [3.63, 3.8) is 0 Å². The standard InChI is InChI=1S/C19H29N3O2/c1-2-17(12-20-19(24)22-10-5-8-18(23)14-22)21-11-9-15-6-3-4-7-16(15)13-21/h3-4,6-7,17-18,23H,2,5,8-14H2,1H3,(H,20,24). The summed E-state index contributed by atoms with van der Waals surface area (Å²) >= 11 is 0. The van der Waals surface area contributed by atoms with Crippen LogP contribution in [0, 0.1) is 0 Å². The maximum absolute atomic E-state index is 12.3. The fraction of sp³-hybridized carbons (Fsp3) is 0.632. The minimum Gasteiger partial charge on any atom is -0.391 e. The molecule has 0 spiro atoms. The van der Waals surface area contributed by atoms with Gasteiger partial charge in [-0.15, -0.1) is 0 Å². The molecule has 0 saturated carbocycles. The summed E-state index contributed by atoms with van der Waals surface area (Å²) in [7, 11) is 0. The number of fused-ring (bicyclic) bond motifs is 1. The number of benzene rings is 1. The molecule has 0 radical (unpaired) electrons. The predicted octanol–water partition coefficient (Wildman–Crippen LogP) is 1.99. The second kappa shape index (κ2) is 7.99. The number of likely N-dealkylation sites (tertiary alicyclic amines) is 1. The van der Waals surface area contributed by atoms with E-state index >= 15 is 0 Å². The van der Waals surface area contributed by atoms with Crippen LogP contribution in [0.2, 0.25) is 0 Å². The second-order valence-electron chi connectivity index (χ2n) is 6.98. The van der Waals surface area contributed by atoms with Crippen molar-refractivity contribution in [3.05, 3.63) is 35.4 Å². The SMILES string of the molecule is CCC(CNC(=O)N1CCCC(O)C1)N1CCc2ccccc2C1. The Morgan fingerprint density at radius 3 is 2.88 bits per heavy atom. The number of β-amino-alcohol motifs (C(OH)–C–C–N with tert-alkyl or cyclic N) is 1. The molecule has 1 fully saturated rings. The van der Waals surface area contributed by atoms with E-state index in [1.807, 2.05) is 0 Å². The van der Waals surface area contributed by atoms with Crippen LogP contribution in [-0.2, 0) is 13.0 Å². The first-order valence-corrected chi connectivity index (χ1v) is 9.19. The van der Waals surface area contributed by atoms with Crippen LogP contribution >= 0.6 is 0 Å². The Hall–Kier alpha value is -1.59. The predicted molar refractivity (Wildman–Crippen MR) is 94.8 cm³/mol. The molecule has 5 nitrogen and oxygen atoms in total. The number of piperidine rings is 1. The maximum Gasteiger partial charge on any atom is 0.317 e. The molecular formula is C19H29N3O2. The molecule has 2 aliphatic heterocycles. The van der Waals surface area contributed by atoms with Gasteiger partial charge in [0, 0.05) is 38.8 Å². The lowest BCUT2D eigenvalue weighted by atomic mass is 9.98. The molecule has 1 saturated heterocycles. The molecule has 2 amide bonds. The quantitative estimate of drug-likeness (QED) is 0.887. The molecule has 3 rings (SSSR count). The van der Waals surface area contributed by atoms with E-state index in [0.717, 1.165) is 45.3 Å². The van der Waals surface area contributed by atoms with E-state index in [2.05, 4.69) is 41.4 Å². The Kier molecular flexibility index (Phi) is 5.74. The molecule has 1 aromatic rings. The summed E-state index contributed by atoms with van der Waals surface area (Å²) in [5.41, 5.74) is 2.86.